The van der Waals surface area contributed by atoms with Crippen LogP contribution in [0, 0.1) is 12.8 Å². The third kappa shape index (κ3) is 2.78. The molecule has 4 heteroatoms. The van der Waals surface area contributed by atoms with Crippen molar-refractivity contribution in [2.45, 2.75) is 20.3 Å². The number of carbonyl (C=O) groups excluding carboxylic acids is 2. The fraction of sp³-hybridized carbons (Fsp3) is 0.467. The Morgan fingerprint density at radius 3 is 2.53 bits per heavy atom. The average molecular weight is 260 g/mol. The second kappa shape index (κ2) is 5.43. The highest BCUT2D eigenvalue weighted by molar-refractivity contribution is 5.98. The van der Waals surface area contributed by atoms with E-state index in [1.807, 2.05) is 38.1 Å². The minimum absolute atomic E-state index is 0.0214. The molecule has 2 amide bonds. The molecule has 1 aliphatic heterocycles. The smallest absolute Gasteiger partial charge is 0.232 e. The lowest BCUT2D eigenvalue weighted by molar-refractivity contribution is -0.128. The van der Waals surface area contributed by atoms with Crippen molar-refractivity contribution in [2.75, 3.05) is 25.0 Å². The van der Waals surface area contributed by atoms with Crippen molar-refractivity contribution < 1.29 is 9.59 Å². The molecule has 1 heterocycles. The number of amides is 2. The summed E-state index contributed by atoms with van der Waals surface area (Å²) in [7, 11) is 1.77. The number of likely N-dealkylation sites (tertiary alicyclic amines) is 1. The van der Waals surface area contributed by atoms with Crippen LogP contribution in [-0.4, -0.2) is 36.9 Å². The molecule has 0 N–H and O–H groups in total. The molecule has 0 bridgehead atoms. The molecule has 1 fully saturated rings. The first-order chi connectivity index (χ1) is 9.02. The highest BCUT2D eigenvalue weighted by atomic mass is 16.2. The van der Waals surface area contributed by atoms with E-state index in [1.165, 1.54) is 0 Å². The van der Waals surface area contributed by atoms with Crippen LogP contribution in [0.25, 0.3) is 0 Å². The summed E-state index contributed by atoms with van der Waals surface area (Å²) < 4.78 is 0. The standard InChI is InChI=1S/C15H20N2O2/c1-4-17-10-12(9-14(17)18)15(19)16(3)13-7-5-11(2)6-8-13/h5-8,12H,4,9-10H2,1-3H3. The van der Waals surface area contributed by atoms with Crippen molar-refractivity contribution in [3.63, 3.8) is 0 Å². The molecule has 0 aromatic heterocycles. The van der Waals surface area contributed by atoms with Gasteiger partial charge in [0.15, 0.2) is 0 Å². The van der Waals surface area contributed by atoms with Gasteiger partial charge in [0.1, 0.15) is 0 Å². The molecule has 0 aliphatic carbocycles. The van der Waals surface area contributed by atoms with Crippen LogP contribution in [-0.2, 0) is 9.59 Å². The van der Waals surface area contributed by atoms with Crippen molar-refractivity contribution in [3.8, 4) is 0 Å². The Morgan fingerprint density at radius 1 is 1.37 bits per heavy atom. The molecule has 102 valence electrons. The number of aryl methyl sites for hydroxylation is 1. The molecule has 1 aromatic rings. The summed E-state index contributed by atoms with van der Waals surface area (Å²) in [5.74, 6) is -0.106. The van der Waals surface area contributed by atoms with Crippen LogP contribution in [0.2, 0.25) is 0 Å². The monoisotopic (exact) mass is 260 g/mol. The van der Waals surface area contributed by atoms with Crippen LogP contribution in [0.4, 0.5) is 5.69 Å². The fourth-order valence-corrected chi connectivity index (χ4v) is 2.41. The van der Waals surface area contributed by atoms with E-state index in [-0.39, 0.29) is 17.7 Å². The fourth-order valence-electron chi connectivity index (χ4n) is 2.41. The summed E-state index contributed by atoms with van der Waals surface area (Å²) in [4.78, 5) is 27.5. The van der Waals surface area contributed by atoms with Crippen LogP contribution in [0.3, 0.4) is 0 Å². The molecule has 2 rings (SSSR count). The van der Waals surface area contributed by atoms with E-state index in [1.54, 1.807) is 16.8 Å². The molecule has 1 unspecified atom stereocenters. The number of anilines is 1. The molecule has 0 saturated carbocycles. The minimum Gasteiger partial charge on any atom is -0.342 e. The van der Waals surface area contributed by atoms with Crippen molar-refractivity contribution >= 4 is 17.5 Å². The first-order valence-corrected chi connectivity index (χ1v) is 6.65. The first-order valence-electron chi connectivity index (χ1n) is 6.65. The third-order valence-corrected chi connectivity index (χ3v) is 3.70. The Morgan fingerprint density at radius 2 is 2.00 bits per heavy atom. The minimum atomic E-state index is -0.209. The van der Waals surface area contributed by atoms with Crippen LogP contribution in [0.5, 0.6) is 0 Å². The SMILES string of the molecule is CCN1CC(C(=O)N(C)c2ccc(C)cc2)CC1=O. The molecule has 1 aliphatic rings. The van der Waals surface area contributed by atoms with E-state index < -0.39 is 0 Å². The summed E-state index contributed by atoms with van der Waals surface area (Å²) in [6, 6.07) is 7.83. The molecule has 1 atom stereocenters. The highest BCUT2D eigenvalue weighted by Crippen LogP contribution is 2.22. The van der Waals surface area contributed by atoms with Crippen molar-refractivity contribution in [2.24, 2.45) is 5.92 Å². The number of hydrogen-bond acceptors (Lipinski definition) is 2. The summed E-state index contributed by atoms with van der Waals surface area (Å²) in [6.45, 7) is 5.18. The molecule has 0 spiro atoms. The van der Waals surface area contributed by atoms with Crippen molar-refractivity contribution in [3.05, 3.63) is 29.8 Å². The summed E-state index contributed by atoms with van der Waals surface area (Å²) in [5.41, 5.74) is 2.04. The average Bonchev–Trinajstić information content (AvgIpc) is 2.79. The van der Waals surface area contributed by atoms with Gasteiger partial charge in [0.2, 0.25) is 11.8 Å². The molecule has 1 saturated heterocycles. The van der Waals surface area contributed by atoms with E-state index in [2.05, 4.69) is 0 Å². The predicted octanol–water partition coefficient (Wildman–Crippen LogP) is 1.83. The van der Waals surface area contributed by atoms with Crippen LogP contribution in [0.15, 0.2) is 24.3 Å². The summed E-state index contributed by atoms with van der Waals surface area (Å²) in [6.07, 6.45) is 0.336. The van der Waals surface area contributed by atoms with Gasteiger partial charge in [-0.3, -0.25) is 9.59 Å². The Bertz CT molecular complexity index is 481. The molecule has 4 nitrogen and oxygen atoms in total. The van der Waals surface area contributed by atoms with Crippen molar-refractivity contribution in [1.29, 1.82) is 0 Å². The molecule has 19 heavy (non-hydrogen) atoms. The lowest BCUT2D eigenvalue weighted by atomic mass is 10.1. The maximum Gasteiger partial charge on any atom is 0.232 e. The zero-order valence-corrected chi connectivity index (χ0v) is 11.7. The topological polar surface area (TPSA) is 40.6 Å². The van der Waals surface area contributed by atoms with Crippen molar-refractivity contribution in [1.82, 2.24) is 4.90 Å². The third-order valence-electron chi connectivity index (χ3n) is 3.70. The Kier molecular flexibility index (Phi) is 3.88. The Labute approximate surface area is 114 Å². The van der Waals surface area contributed by atoms with Crippen LogP contribution < -0.4 is 4.90 Å². The summed E-state index contributed by atoms with van der Waals surface area (Å²) in [5, 5.41) is 0. The molecular formula is C15H20N2O2. The van der Waals surface area contributed by atoms with Crippen LogP contribution in [0.1, 0.15) is 18.9 Å². The second-order valence-electron chi connectivity index (χ2n) is 5.07. The largest absolute Gasteiger partial charge is 0.342 e. The summed E-state index contributed by atoms with van der Waals surface area (Å²) >= 11 is 0. The van der Waals surface area contributed by atoms with Gasteiger partial charge in [-0.2, -0.15) is 0 Å². The Balaban J connectivity index is 2.08. The van der Waals surface area contributed by atoms with E-state index in [4.69, 9.17) is 0 Å². The van der Waals surface area contributed by atoms with Gasteiger partial charge >= 0.3 is 0 Å². The zero-order valence-electron chi connectivity index (χ0n) is 11.7. The molecular weight excluding hydrogens is 240 g/mol. The van der Waals surface area contributed by atoms with Gasteiger partial charge in [-0.25, -0.2) is 0 Å². The van der Waals surface area contributed by atoms with E-state index in [9.17, 15) is 9.59 Å². The van der Waals surface area contributed by atoms with Gasteiger partial charge in [0.25, 0.3) is 0 Å². The highest BCUT2D eigenvalue weighted by Gasteiger charge is 2.35. The molecule has 0 radical (unpaired) electrons. The maximum absolute atomic E-state index is 12.4. The van der Waals surface area contributed by atoms with E-state index in [0.29, 0.717) is 19.5 Å². The van der Waals surface area contributed by atoms with Gasteiger partial charge in [-0.15, -0.1) is 0 Å². The zero-order chi connectivity index (χ0) is 14.0. The number of rotatable bonds is 3. The number of carbonyl (C=O) groups is 2. The number of nitrogens with zero attached hydrogens (tertiary/aromatic N) is 2. The lowest BCUT2D eigenvalue weighted by Crippen LogP contribution is -2.34. The predicted molar refractivity (Wildman–Crippen MR) is 75.0 cm³/mol. The van der Waals surface area contributed by atoms with Gasteiger partial charge in [-0.05, 0) is 26.0 Å². The van der Waals surface area contributed by atoms with Gasteiger partial charge in [0.05, 0.1) is 5.92 Å². The Hall–Kier alpha value is -1.84. The maximum atomic E-state index is 12.4. The van der Waals surface area contributed by atoms with E-state index in [0.717, 1.165) is 11.3 Å². The van der Waals surface area contributed by atoms with Crippen LogP contribution >= 0.6 is 0 Å². The molecule has 1 aromatic carbocycles. The normalized spacial score (nSPS) is 18.8. The van der Waals surface area contributed by atoms with Gasteiger partial charge in [-0.1, -0.05) is 17.7 Å². The van der Waals surface area contributed by atoms with Gasteiger partial charge < -0.3 is 9.80 Å². The number of hydrogen-bond donors (Lipinski definition) is 0. The number of benzene rings is 1. The van der Waals surface area contributed by atoms with E-state index >= 15 is 0 Å². The second-order valence-corrected chi connectivity index (χ2v) is 5.07. The lowest BCUT2D eigenvalue weighted by Gasteiger charge is -2.21. The van der Waals surface area contributed by atoms with Gasteiger partial charge in [0, 0.05) is 32.2 Å². The quantitative estimate of drug-likeness (QED) is 0.832. The first kappa shape index (κ1) is 13.6.